The molecule has 3 aromatic carbocycles. The maximum absolute atomic E-state index is 12.7. The van der Waals surface area contributed by atoms with Crippen LogP contribution < -0.4 is 5.32 Å². The highest BCUT2D eigenvalue weighted by molar-refractivity contribution is 6.11. The molecule has 2 N–H and O–H groups in total. The molecule has 0 aliphatic heterocycles. The van der Waals surface area contributed by atoms with E-state index in [1.54, 1.807) is 12.1 Å². The third-order valence-electron chi connectivity index (χ3n) is 5.33. The van der Waals surface area contributed by atoms with Crippen LogP contribution in [-0.2, 0) is 11.3 Å². The molecule has 1 heterocycles. The fraction of sp³-hybridized carbons (Fsp3) is 0.0741. The van der Waals surface area contributed by atoms with Crippen LogP contribution in [0.5, 0.6) is 0 Å². The molecule has 33 heavy (non-hydrogen) atoms. The first-order valence-electron chi connectivity index (χ1n) is 10.3. The lowest BCUT2D eigenvalue weighted by atomic mass is 10.1. The normalized spacial score (nSPS) is 11.2. The fourth-order valence-electron chi connectivity index (χ4n) is 3.64. The van der Waals surface area contributed by atoms with Gasteiger partial charge < -0.3 is 15.0 Å². The first-order chi connectivity index (χ1) is 15.9. The lowest BCUT2D eigenvalue weighted by molar-refractivity contribution is -0.112. The molecule has 0 saturated heterocycles. The van der Waals surface area contributed by atoms with E-state index in [9.17, 15) is 14.9 Å². The standard InChI is InChI=1S/C27H21N3O3/c1-18-9-11-19(12-10-18)16-30-17-22(24-7-2-3-8-25(24)30)13-21(15-28)26(31)29-23-6-4-5-20(14-23)27(32)33/h2-14,17H,16H2,1H3,(H,29,31)(H,32,33). The molecule has 1 amide bonds. The Labute approximate surface area is 191 Å². The van der Waals surface area contributed by atoms with Crippen molar-refractivity contribution in [2.24, 2.45) is 0 Å². The number of carbonyl (C=O) groups excluding carboxylic acids is 1. The van der Waals surface area contributed by atoms with E-state index in [1.165, 1.54) is 23.8 Å². The average Bonchev–Trinajstić information content (AvgIpc) is 3.16. The Hall–Kier alpha value is -4.63. The van der Waals surface area contributed by atoms with Crippen LogP contribution in [0.3, 0.4) is 0 Å². The molecule has 0 aliphatic rings. The van der Waals surface area contributed by atoms with Gasteiger partial charge in [-0.2, -0.15) is 5.26 Å². The number of carbonyl (C=O) groups is 2. The summed E-state index contributed by atoms with van der Waals surface area (Å²) in [5.74, 6) is -1.70. The minimum atomic E-state index is -1.09. The number of aryl methyl sites for hydroxylation is 1. The van der Waals surface area contributed by atoms with Crippen molar-refractivity contribution in [2.75, 3.05) is 5.32 Å². The summed E-state index contributed by atoms with van der Waals surface area (Å²) in [5, 5.41) is 22.3. The van der Waals surface area contributed by atoms with E-state index in [2.05, 4.69) is 34.1 Å². The van der Waals surface area contributed by atoms with Gasteiger partial charge in [0.05, 0.1) is 5.56 Å². The van der Waals surface area contributed by atoms with Gasteiger partial charge in [0.1, 0.15) is 11.6 Å². The molecular formula is C27H21N3O3. The molecular weight excluding hydrogens is 414 g/mol. The Bertz CT molecular complexity index is 1420. The van der Waals surface area contributed by atoms with E-state index in [0.717, 1.165) is 22.0 Å². The Kier molecular flexibility index (Phi) is 6.05. The number of fused-ring (bicyclic) bond motifs is 1. The molecule has 162 valence electrons. The van der Waals surface area contributed by atoms with Crippen molar-refractivity contribution in [3.05, 3.63) is 107 Å². The van der Waals surface area contributed by atoms with E-state index >= 15 is 0 Å². The highest BCUT2D eigenvalue weighted by Gasteiger charge is 2.14. The summed E-state index contributed by atoms with van der Waals surface area (Å²) < 4.78 is 2.09. The Morgan fingerprint density at radius 1 is 1.06 bits per heavy atom. The van der Waals surface area contributed by atoms with Crippen LogP contribution in [0.4, 0.5) is 5.69 Å². The fourth-order valence-corrected chi connectivity index (χ4v) is 3.64. The molecule has 4 rings (SSSR count). The van der Waals surface area contributed by atoms with Crippen LogP contribution in [0.25, 0.3) is 17.0 Å². The van der Waals surface area contributed by atoms with Crippen LogP contribution in [0.15, 0.2) is 84.6 Å². The smallest absolute Gasteiger partial charge is 0.335 e. The SMILES string of the molecule is Cc1ccc(Cn2cc(C=C(C#N)C(=O)Nc3cccc(C(=O)O)c3)c3ccccc32)cc1. The van der Waals surface area contributed by atoms with Crippen LogP contribution in [-0.4, -0.2) is 21.6 Å². The predicted molar refractivity (Wildman–Crippen MR) is 128 cm³/mol. The number of rotatable bonds is 6. The molecule has 0 fully saturated rings. The summed E-state index contributed by atoms with van der Waals surface area (Å²) in [7, 11) is 0. The van der Waals surface area contributed by atoms with Gasteiger partial charge >= 0.3 is 5.97 Å². The molecule has 4 aromatic rings. The van der Waals surface area contributed by atoms with Crippen LogP contribution in [0.1, 0.15) is 27.0 Å². The van der Waals surface area contributed by atoms with Crippen molar-refractivity contribution in [3.63, 3.8) is 0 Å². The number of carboxylic acid groups (broad SMARTS) is 1. The first kappa shape index (κ1) is 21.6. The quantitative estimate of drug-likeness (QED) is 0.320. The Balaban J connectivity index is 1.66. The van der Waals surface area contributed by atoms with Gasteiger partial charge in [0, 0.05) is 34.9 Å². The molecule has 1 aromatic heterocycles. The number of carboxylic acids is 1. The van der Waals surface area contributed by atoms with Crippen molar-refractivity contribution >= 4 is 34.5 Å². The van der Waals surface area contributed by atoms with Gasteiger partial charge in [0.2, 0.25) is 0 Å². The van der Waals surface area contributed by atoms with Gasteiger partial charge in [-0.3, -0.25) is 4.79 Å². The summed E-state index contributed by atoms with van der Waals surface area (Å²) in [5.41, 5.74) is 4.37. The number of nitrogens with one attached hydrogen (secondary N) is 1. The molecule has 0 radical (unpaired) electrons. The predicted octanol–water partition coefficient (Wildman–Crippen LogP) is 5.24. The van der Waals surface area contributed by atoms with Crippen molar-refractivity contribution < 1.29 is 14.7 Å². The van der Waals surface area contributed by atoms with E-state index in [4.69, 9.17) is 5.11 Å². The van der Waals surface area contributed by atoms with Gasteiger partial charge in [-0.1, -0.05) is 54.1 Å². The number of nitriles is 1. The third-order valence-corrected chi connectivity index (χ3v) is 5.33. The molecule has 0 aliphatic carbocycles. The number of para-hydroxylation sites is 1. The number of nitrogens with zero attached hydrogens (tertiary/aromatic N) is 2. The third kappa shape index (κ3) is 4.83. The molecule has 0 unspecified atom stereocenters. The van der Waals surface area contributed by atoms with Crippen LogP contribution in [0.2, 0.25) is 0 Å². The van der Waals surface area contributed by atoms with E-state index in [1.807, 2.05) is 43.5 Å². The summed E-state index contributed by atoms with van der Waals surface area (Å²) in [4.78, 5) is 23.9. The lowest BCUT2D eigenvalue weighted by Gasteiger charge is -2.06. The van der Waals surface area contributed by atoms with E-state index in [-0.39, 0.29) is 11.1 Å². The zero-order chi connectivity index (χ0) is 23.4. The summed E-state index contributed by atoms with van der Waals surface area (Å²) in [6.07, 6.45) is 3.49. The van der Waals surface area contributed by atoms with Crippen molar-refractivity contribution in [3.8, 4) is 6.07 Å². The largest absolute Gasteiger partial charge is 0.478 e. The second-order valence-corrected chi connectivity index (χ2v) is 7.72. The summed E-state index contributed by atoms with van der Waals surface area (Å²) in [6, 6.07) is 24.0. The summed E-state index contributed by atoms with van der Waals surface area (Å²) >= 11 is 0. The number of anilines is 1. The molecule has 6 heteroatoms. The highest BCUT2D eigenvalue weighted by Crippen LogP contribution is 2.25. The topological polar surface area (TPSA) is 95.1 Å². The van der Waals surface area contributed by atoms with Gasteiger partial charge in [-0.05, 0) is 42.8 Å². The second-order valence-electron chi connectivity index (χ2n) is 7.72. The van der Waals surface area contributed by atoms with Gasteiger partial charge in [-0.15, -0.1) is 0 Å². The zero-order valence-corrected chi connectivity index (χ0v) is 17.9. The molecule has 0 atom stereocenters. The maximum atomic E-state index is 12.7. The second kappa shape index (κ2) is 9.25. The Morgan fingerprint density at radius 2 is 1.82 bits per heavy atom. The number of aromatic nitrogens is 1. The number of hydrogen-bond donors (Lipinski definition) is 2. The highest BCUT2D eigenvalue weighted by atomic mass is 16.4. The molecule has 0 saturated carbocycles. The summed E-state index contributed by atoms with van der Waals surface area (Å²) in [6.45, 7) is 2.70. The van der Waals surface area contributed by atoms with Gasteiger partial charge in [0.25, 0.3) is 5.91 Å². The minimum Gasteiger partial charge on any atom is -0.478 e. The van der Waals surface area contributed by atoms with Crippen LogP contribution >= 0.6 is 0 Å². The average molecular weight is 435 g/mol. The zero-order valence-electron chi connectivity index (χ0n) is 17.9. The monoisotopic (exact) mass is 435 g/mol. The number of benzene rings is 3. The first-order valence-corrected chi connectivity index (χ1v) is 10.3. The van der Waals surface area contributed by atoms with E-state index < -0.39 is 11.9 Å². The van der Waals surface area contributed by atoms with Gasteiger partial charge in [0.15, 0.2) is 0 Å². The molecule has 6 nitrogen and oxygen atoms in total. The van der Waals surface area contributed by atoms with E-state index in [0.29, 0.717) is 12.2 Å². The maximum Gasteiger partial charge on any atom is 0.335 e. The number of hydrogen-bond acceptors (Lipinski definition) is 3. The molecule has 0 spiro atoms. The number of aromatic carboxylic acids is 1. The molecule has 0 bridgehead atoms. The Morgan fingerprint density at radius 3 is 2.55 bits per heavy atom. The minimum absolute atomic E-state index is 0.0504. The van der Waals surface area contributed by atoms with Gasteiger partial charge in [-0.25, -0.2) is 4.79 Å². The van der Waals surface area contributed by atoms with Crippen molar-refractivity contribution in [1.82, 2.24) is 4.57 Å². The number of amides is 1. The van der Waals surface area contributed by atoms with Crippen LogP contribution in [0, 0.1) is 18.3 Å². The lowest BCUT2D eigenvalue weighted by Crippen LogP contribution is -2.13. The van der Waals surface area contributed by atoms with Crippen molar-refractivity contribution in [1.29, 1.82) is 5.26 Å². The van der Waals surface area contributed by atoms with Crippen molar-refractivity contribution in [2.45, 2.75) is 13.5 Å².